The average molecular weight is 543 g/mol. The SMILES string of the molecule is CCCCCCCC(C)(CCCCCC)n1c2ccccc2c2cccc(-n3c4ccccc4c4ccccc43)c21. The molecule has 0 radical (unpaired) electrons. The Bertz CT molecular complexity index is 1710. The number of aromatic nitrogens is 2. The van der Waals surface area contributed by atoms with Crippen molar-refractivity contribution in [2.24, 2.45) is 0 Å². The van der Waals surface area contributed by atoms with Crippen molar-refractivity contribution in [2.75, 3.05) is 0 Å². The first-order valence-electron chi connectivity index (χ1n) is 16.2. The largest absolute Gasteiger partial charge is 0.333 e. The summed E-state index contributed by atoms with van der Waals surface area (Å²) in [5.74, 6) is 0. The minimum atomic E-state index is 0.0518. The highest BCUT2D eigenvalue weighted by molar-refractivity contribution is 6.14. The van der Waals surface area contributed by atoms with Crippen LogP contribution in [0.15, 0.2) is 91.0 Å². The molecule has 0 aliphatic heterocycles. The molecule has 0 saturated carbocycles. The molecule has 0 fully saturated rings. The molecule has 0 aliphatic carbocycles. The van der Waals surface area contributed by atoms with E-state index in [9.17, 15) is 0 Å². The molecule has 2 heterocycles. The fraction of sp³-hybridized carbons (Fsp3) is 0.385. The van der Waals surface area contributed by atoms with Gasteiger partial charge in [-0.25, -0.2) is 0 Å². The van der Waals surface area contributed by atoms with Gasteiger partial charge in [0.25, 0.3) is 0 Å². The number of unbranched alkanes of at least 4 members (excludes halogenated alkanes) is 7. The van der Waals surface area contributed by atoms with Crippen molar-refractivity contribution in [1.82, 2.24) is 9.13 Å². The Labute approximate surface area is 246 Å². The molecule has 6 rings (SSSR count). The smallest absolute Gasteiger partial charge is 0.0741 e. The van der Waals surface area contributed by atoms with E-state index in [2.05, 4.69) is 121 Å². The molecule has 0 aliphatic rings. The summed E-state index contributed by atoms with van der Waals surface area (Å²) in [7, 11) is 0. The summed E-state index contributed by atoms with van der Waals surface area (Å²) < 4.78 is 5.31. The molecular weight excluding hydrogens is 496 g/mol. The zero-order valence-corrected chi connectivity index (χ0v) is 25.3. The zero-order valence-electron chi connectivity index (χ0n) is 25.3. The minimum absolute atomic E-state index is 0.0518. The van der Waals surface area contributed by atoms with Crippen LogP contribution >= 0.6 is 0 Å². The van der Waals surface area contributed by atoms with Crippen LogP contribution in [-0.4, -0.2) is 9.13 Å². The van der Waals surface area contributed by atoms with E-state index in [-0.39, 0.29) is 5.54 Å². The van der Waals surface area contributed by atoms with E-state index in [4.69, 9.17) is 0 Å². The molecule has 0 bridgehead atoms. The van der Waals surface area contributed by atoms with Crippen LogP contribution in [0.5, 0.6) is 0 Å². The summed E-state index contributed by atoms with van der Waals surface area (Å²) in [6, 6.07) is 34.0. The maximum Gasteiger partial charge on any atom is 0.0741 e. The van der Waals surface area contributed by atoms with Crippen molar-refractivity contribution in [1.29, 1.82) is 0 Å². The van der Waals surface area contributed by atoms with Gasteiger partial charge < -0.3 is 9.13 Å². The topological polar surface area (TPSA) is 9.86 Å². The third-order valence-electron chi connectivity index (χ3n) is 9.42. The normalized spacial score (nSPS) is 13.5. The van der Waals surface area contributed by atoms with Crippen molar-refractivity contribution >= 4 is 43.6 Å². The summed E-state index contributed by atoms with van der Waals surface area (Å²) >= 11 is 0. The monoisotopic (exact) mass is 542 g/mol. The van der Waals surface area contributed by atoms with E-state index in [0.717, 1.165) is 0 Å². The lowest BCUT2D eigenvalue weighted by molar-refractivity contribution is 0.266. The van der Waals surface area contributed by atoms with Crippen LogP contribution < -0.4 is 0 Å². The van der Waals surface area contributed by atoms with Gasteiger partial charge in [0.15, 0.2) is 0 Å². The highest BCUT2D eigenvalue weighted by Gasteiger charge is 2.31. The van der Waals surface area contributed by atoms with Crippen LogP contribution in [0.25, 0.3) is 49.3 Å². The second-order valence-corrected chi connectivity index (χ2v) is 12.4. The van der Waals surface area contributed by atoms with Crippen LogP contribution in [0.1, 0.15) is 91.4 Å². The second kappa shape index (κ2) is 12.1. The number of hydrogen-bond donors (Lipinski definition) is 0. The molecule has 1 unspecified atom stereocenters. The molecule has 2 aromatic heterocycles. The fourth-order valence-electron chi connectivity index (χ4n) is 7.31. The molecule has 0 N–H and O–H groups in total. The maximum absolute atomic E-state index is 2.78. The molecular formula is C39H46N2. The lowest BCUT2D eigenvalue weighted by atomic mass is 9.87. The Hall–Kier alpha value is -3.52. The van der Waals surface area contributed by atoms with Crippen molar-refractivity contribution in [3.8, 4) is 5.69 Å². The summed E-state index contributed by atoms with van der Waals surface area (Å²) in [5.41, 5.74) is 6.66. The molecule has 4 aromatic carbocycles. The van der Waals surface area contributed by atoms with Gasteiger partial charge >= 0.3 is 0 Å². The fourth-order valence-corrected chi connectivity index (χ4v) is 7.31. The summed E-state index contributed by atoms with van der Waals surface area (Å²) in [6.45, 7) is 7.19. The van der Waals surface area contributed by atoms with Crippen LogP contribution in [0, 0.1) is 0 Å². The molecule has 212 valence electrons. The lowest BCUT2D eigenvalue weighted by Gasteiger charge is -2.35. The van der Waals surface area contributed by atoms with E-state index in [1.54, 1.807) is 0 Å². The van der Waals surface area contributed by atoms with Gasteiger partial charge in [0.05, 0.1) is 22.2 Å². The molecule has 2 heteroatoms. The number of hydrogen-bond acceptors (Lipinski definition) is 0. The van der Waals surface area contributed by atoms with E-state index in [1.165, 1.54) is 120 Å². The van der Waals surface area contributed by atoms with Gasteiger partial charge in [-0.05, 0) is 44.0 Å². The Morgan fingerprint density at radius 2 is 0.951 bits per heavy atom. The van der Waals surface area contributed by atoms with Gasteiger partial charge in [-0.2, -0.15) is 0 Å². The molecule has 0 spiro atoms. The third-order valence-corrected chi connectivity index (χ3v) is 9.42. The van der Waals surface area contributed by atoms with Gasteiger partial charge in [0, 0.05) is 32.6 Å². The molecule has 2 nitrogen and oxygen atoms in total. The first-order chi connectivity index (χ1) is 20.2. The van der Waals surface area contributed by atoms with Crippen molar-refractivity contribution in [3.63, 3.8) is 0 Å². The Morgan fingerprint density at radius 1 is 0.488 bits per heavy atom. The summed E-state index contributed by atoms with van der Waals surface area (Å²) in [6.07, 6.45) is 14.3. The van der Waals surface area contributed by atoms with E-state index in [1.807, 2.05) is 0 Å². The highest BCUT2D eigenvalue weighted by Crippen LogP contribution is 2.43. The first-order valence-corrected chi connectivity index (χ1v) is 16.2. The standard InChI is InChI=1S/C39H46N2/c1-4-6-8-10-18-29-39(3,28-17-9-7-5-2)41-36-26-16-13-22-32(36)33-23-19-27-37(38(33)41)40-34-24-14-11-20-30(34)31-21-12-15-25-35(31)40/h11-16,19-27H,4-10,17-18,28-29H2,1-3H3. The van der Waals surface area contributed by atoms with Gasteiger partial charge in [-0.15, -0.1) is 0 Å². The van der Waals surface area contributed by atoms with E-state index >= 15 is 0 Å². The first kappa shape index (κ1) is 27.6. The quantitative estimate of drug-likeness (QED) is 0.128. The maximum atomic E-state index is 2.78. The Kier molecular flexibility index (Phi) is 8.19. The number of fused-ring (bicyclic) bond motifs is 6. The van der Waals surface area contributed by atoms with Crippen LogP contribution in [0.3, 0.4) is 0 Å². The number of rotatable bonds is 13. The number of para-hydroxylation sites is 4. The summed E-state index contributed by atoms with van der Waals surface area (Å²) in [4.78, 5) is 0. The minimum Gasteiger partial charge on any atom is -0.333 e. The van der Waals surface area contributed by atoms with Gasteiger partial charge in [-0.1, -0.05) is 138 Å². The van der Waals surface area contributed by atoms with Crippen molar-refractivity contribution in [2.45, 2.75) is 96.9 Å². The van der Waals surface area contributed by atoms with Crippen LogP contribution in [-0.2, 0) is 5.54 Å². The Balaban J connectivity index is 1.61. The van der Waals surface area contributed by atoms with E-state index < -0.39 is 0 Å². The van der Waals surface area contributed by atoms with Crippen molar-refractivity contribution in [3.05, 3.63) is 91.0 Å². The highest BCUT2D eigenvalue weighted by atomic mass is 15.1. The van der Waals surface area contributed by atoms with Gasteiger partial charge in [0.2, 0.25) is 0 Å². The number of nitrogens with zero attached hydrogens (tertiary/aromatic N) is 2. The van der Waals surface area contributed by atoms with Crippen LogP contribution in [0.2, 0.25) is 0 Å². The molecule has 6 aromatic rings. The van der Waals surface area contributed by atoms with E-state index in [0.29, 0.717) is 0 Å². The molecule has 1 atom stereocenters. The van der Waals surface area contributed by atoms with Crippen LogP contribution in [0.4, 0.5) is 0 Å². The second-order valence-electron chi connectivity index (χ2n) is 12.4. The van der Waals surface area contributed by atoms with Crippen molar-refractivity contribution < 1.29 is 0 Å². The third kappa shape index (κ3) is 5.07. The Morgan fingerprint density at radius 3 is 1.54 bits per heavy atom. The molecule has 41 heavy (non-hydrogen) atoms. The van der Waals surface area contributed by atoms with Gasteiger partial charge in [-0.3, -0.25) is 0 Å². The predicted molar refractivity (Wildman–Crippen MR) is 180 cm³/mol. The number of benzene rings is 4. The molecule has 0 amide bonds. The van der Waals surface area contributed by atoms with Gasteiger partial charge in [0.1, 0.15) is 0 Å². The predicted octanol–water partition coefficient (Wildman–Crippen LogP) is 11.9. The average Bonchev–Trinajstić information content (AvgIpc) is 3.53. The summed E-state index contributed by atoms with van der Waals surface area (Å²) in [5, 5.41) is 5.38. The molecule has 0 saturated heterocycles. The zero-order chi connectivity index (χ0) is 28.2. The lowest BCUT2D eigenvalue weighted by Crippen LogP contribution is -2.30.